The lowest BCUT2D eigenvalue weighted by molar-refractivity contribution is -0.125. The smallest absolute Gasteiger partial charge is 0.243 e. The van der Waals surface area contributed by atoms with Crippen molar-refractivity contribution in [2.75, 3.05) is 12.0 Å². The van der Waals surface area contributed by atoms with Crippen LogP contribution in [-0.2, 0) is 11.8 Å². The predicted molar refractivity (Wildman–Crippen MR) is 104 cm³/mol. The molecule has 0 radical (unpaired) electrons. The van der Waals surface area contributed by atoms with Gasteiger partial charge < -0.3 is 14.5 Å². The van der Waals surface area contributed by atoms with E-state index in [9.17, 15) is 4.79 Å². The second kappa shape index (κ2) is 7.78. The minimum atomic E-state index is -0.195. The lowest BCUT2D eigenvalue weighted by atomic mass is 10.2. The van der Waals surface area contributed by atoms with E-state index in [2.05, 4.69) is 16.6 Å². The molecule has 3 aromatic rings. The van der Waals surface area contributed by atoms with Crippen LogP contribution in [0.2, 0.25) is 0 Å². The summed E-state index contributed by atoms with van der Waals surface area (Å²) in [6.07, 6.45) is 6.76. The Hall–Kier alpha value is -2.21. The molecule has 1 aromatic carbocycles. The number of imidazole rings is 1. The number of thioether (sulfide) groups is 1. The molecule has 0 fully saturated rings. The number of hydrogen-bond donors (Lipinski definition) is 1. The standard InChI is InChI=1S/C19H24N4OS/c1-14(18-21-15-8-4-5-9-16(15)22(18)2)20-19(24)17(10-13-25-3)23-11-6-7-12-23/h4-9,11-12,14,17H,10,13H2,1-3H3,(H,20,24)/t14-,17-/m0/s1. The first-order chi connectivity index (χ1) is 12.1. The van der Waals surface area contributed by atoms with Crippen molar-refractivity contribution in [1.29, 1.82) is 0 Å². The van der Waals surface area contributed by atoms with E-state index in [1.807, 2.05) is 71.9 Å². The molecule has 3 rings (SSSR count). The molecule has 0 aliphatic heterocycles. The number of nitrogens with zero attached hydrogens (tertiary/aromatic N) is 3. The van der Waals surface area contributed by atoms with Crippen LogP contribution in [0.1, 0.15) is 31.3 Å². The minimum absolute atomic E-state index is 0.0322. The van der Waals surface area contributed by atoms with Crippen molar-refractivity contribution in [1.82, 2.24) is 19.4 Å². The van der Waals surface area contributed by atoms with Gasteiger partial charge in [-0.05, 0) is 49.6 Å². The number of nitrogens with one attached hydrogen (secondary N) is 1. The number of carbonyl (C=O) groups is 1. The van der Waals surface area contributed by atoms with Gasteiger partial charge in [0.25, 0.3) is 0 Å². The maximum absolute atomic E-state index is 12.9. The number of para-hydroxylation sites is 2. The number of rotatable bonds is 7. The SMILES string of the molecule is CSCC[C@@H](C(=O)N[C@@H](C)c1nc2ccccc2n1C)n1cccc1. The molecule has 2 aromatic heterocycles. The van der Waals surface area contributed by atoms with Crippen LogP contribution in [0.3, 0.4) is 0 Å². The van der Waals surface area contributed by atoms with Crippen LogP contribution in [0.5, 0.6) is 0 Å². The van der Waals surface area contributed by atoms with Gasteiger partial charge in [-0.1, -0.05) is 12.1 Å². The fourth-order valence-electron chi connectivity index (χ4n) is 3.13. The summed E-state index contributed by atoms with van der Waals surface area (Å²) >= 11 is 1.76. The first-order valence-corrected chi connectivity index (χ1v) is 9.84. The van der Waals surface area contributed by atoms with Crippen molar-refractivity contribution in [2.24, 2.45) is 7.05 Å². The van der Waals surface area contributed by atoms with E-state index in [1.165, 1.54) is 0 Å². The Morgan fingerprint density at radius 2 is 1.96 bits per heavy atom. The monoisotopic (exact) mass is 356 g/mol. The van der Waals surface area contributed by atoms with Crippen molar-refractivity contribution in [3.05, 3.63) is 54.6 Å². The van der Waals surface area contributed by atoms with Gasteiger partial charge in [-0.25, -0.2) is 4.98 Å². The van der Waals surface area contributed by atoms with Crippen LogP contribution in [0.4, 0.5) is 0 Å². The van der Waals surface area contributed by atoms with Crippen molar-refractivity contribution in [3.8, 4) is 0 Å². The summed E-state index contributed by atoms with van der Waals surface area (Å²) < 4.78 is 4.03. The summed E-state index contributed by atoms with van der Waals surface area (Å²) in [5.41, 5.74) is 2.02. The van der Waals surface area contributed by atoms with Gasteiger partial charge in [0.15, 0.2) is 0 Å². The third kappa shape index (κ3) is 3.74. The Labute approximate surface area is 152 Å². The molecule has 132 valence electrons. The second-order valence-electron chi connectivity index (χ2n) is 6.18. The number of aryl methyl sites for hydroxylation is 1. The highest BCUT2D eigenvalue weighted by molar-refractivity contribution is 7.98. The fraction of sp³-hybridized carbons (Fsp3) is 0.368. The van der Waals surface area contributed by atoms with Crippen molar-refractivity contribution in [3.63, 3.8) is 0 Å². The summed E-state index contributed by atoms with van der Waals surface area (Å²) in [6.45, 7) is 1.99. The highest BCUT2D eigenvalue weighted by Crippen LogP contribution is 2.21. The number of amides is 1. The molecule has 0 spiro atoms. The molecule has 0 bridgehead atoms. The molecule has 2 atom stereocenters. The number of hydrogen-bond acceptors (Lipinski definition) is 3. The van der Waals surface area contributed by atoms with E-state index in [0.717, 1.165) is 29.0 Å². The molecule has 0 aliphatic carbocycles. The van der Waals surface area contributed by atoms with E-state index in [1.54, 1.807) is 11.8 Å². The van der Waals surface area contributed by atoms with E-state index < -0.39 is 0 Å². The van der Waals surface area contributed by atoms with Crippen molar-refractivity contribution in [2.45, 2.75) is 25.4 Å². The van der Waals surface area contributed by atoms with Gasteiger partial charge >= 0.3 is 0 Å². The fourth-order valence-corrected chi connectivity index (χ4v) is 3.59. The molecule has 0 saturated heterocycles. The van der Waals surface area contributed by atoms with Crippen LogP contribution in [0.25, 0.3) is 11.0 Å². The molecule has 1 amide bonds. The Morgan fingerprint density at radius 1 is 1.24 bits per heavy atom. The van der Waals surface area contributed by atoms with Crippen LogP contribution in [-0.4, -0.2) is 32.0 Å². The van der Waals surface area contributed by atoms with Gasteiger partial charge in [0.1, 0.15) is 11.9 Å². The lowest BCUT2D eigenvalue weighted by Crippen LogP contribution is -2.35. The maximum atomic E-state index is 12.9. The van der Waals surface area contributed by atoms with Crippen LogP contribution in [0.15, 0.2) is 48.8 Å². The third-order valence-corrected chi connectivity index (χ3v) is 5.10. The molecule has 0 aliphatic rings. The zero-order chi connectivity index (χ0) is 17.8. The molecule has 6 heteroatoms. The van der Waals surface area contributed by atoms with Crippen molar-refractivity contribution < 1.29 is 4.79 Å². The van der Waals surface area contributed by atoms with E-state index in [-0.39, 0.29) is 18.0 Å². The predicted octanol–water partition coefficient (Wildman–Crippen LogP) is 3.55. The lowest BCUT2D eigenvalue weighted by Gasteiger charge is -2.21. The van der Waals surface area contributed by atoms with Gasteiger partial charge in [0.05, 0.1) is 17.1 Å². The van der Waals surface area contributed by atoms with Crippen LogP contribution in [0, 0.1) is 0 Å². The molecule has 1 N–H and O–H groups in total. The molecule has 25 heavy (non-hydrogen) atoms. The van der Waals surface area contributed by atoms with Crippen LogP contribution < -0.4 is 5.32 Å². The Bertz CT molecular complexity index is 840. The summed E-state index contributed by atoms with van der Waals surface area (Å²) in [4.78, 5) is 17.6. The Balaban J connectivity index is 1.79. The quantitative estimate of drug-likeness (QED) is 0.704. The summed E-state index contributed by atoms with van der Waals surface area (Å²) in [6, 6.07) is 11.6. The normalized spacial score (nSPS) is 13.7. The summed E-state index contributed by atoms with van der Waals surface area (Å²) in [5, 5.41) is 3.14. The number of benzene rings is 1. The molecule has 0 unspecified atom stereocenters. The number of aromatic nitrogens is 3. The topological polar surface area (TPSA) is 51.9 Å². The molecular weight excluding hydrogens is 332 g/mol. The van der Waals surface area contributed by atoms with Gasteiger partial charge in [0.2, 0.25) is 5.91 Å². The van der Waals surface area contributed by atoms with E-state index in [4.69, 9.17) is 0 Å². The molecule has 0 saturated carbocycles. The molecule has 2 heterocycles. The average Bonchev–Trinajstić information content (AvgIpc) is 3.24. The highest BCUT2D eigenvalue weighted by atomic mass is 32.2. The van der Waals surface area contributed by atoms with Gasteiger partial charge in [-0.2, -0.15) is 11.8 Å². The maximum Gasteiger partial charge on any atom is 0.243 e. The first-order valence-electron chi connectivity index (χ1n) is 8.45. The average molecular weight is 356 g/mol. The third-order valence-electron chi connectivity index (χ3n) is 4.45. The Kier molecular flexibility index (Phi) is 5.48. The summed E-state index contributed by atoms with van der Waals surface area (Å²) in [5.74, 6) is 1.84. The van der Waals surface area contributed by atoms with Gasteiger partial charge in [0, 0.05) is 19.4 Å². The van der Waals surface area contributed by atoms with Gasteiger partial charge in [-0.15, -0.1) is 0 Å². The van der Waals surface area contributed by atoms with E-state index >= 15 is 0 Å². The number of carbonyl (C=O) groups excluding carboxylic acids is 1. The molecule has 5 nitrogen and oxygen atoms in total. The first kappa shape index (κ1) is 17.6. The van der Waals surface area contributed by atoms with Crippen LogP contribution >= 0.6 is 11.8 Å². The summed E-state index contributed by atoms with van der Waals surface area (Å²) in [7, 11) is 1.99. The van der Waals surface area contributed by atoms with E-state index in [0.29, 0.717) is 0 Å². The number of fused-ring (bicyclic) bond motifs is 1. The Morgan fingerprint density at radius 3 is 2.64 bits per heavy atom. The van der Waals surface area contributed by atoms with Gasteiger partial charge in [-0.3, -0.25) is 4.79 Å². The zero-order valence-corrected chi connectivity index (χ0v) is 15.7. The second-order valence-corrected chi connectivity index (χ2v) is 7.16. The largest absolute Gasteiger partial charge is 0.345 e. The van der Waals surface area contributed by atoms with Crippen molar-refractivity contribution >= 4 is 28.7 Å². The molecular formula is C19H24N4OS. The zero-order valence-electron chi connectivity index (χ0n) is 14.8. The highest BCUT2D eigenvalue weighted by Gasteiger charge is 2.23. The minimum Gasteiger partial charge on any atom is -0.345 e.